The molecule has 1 rings (SSSR count). The number of phenols is 1. The van der Waals surface area contributed by atoms with Crippen molar-refractivity contribution in [3.05, 3.63) is 29.6 Å². The van der Waals surface area contributed by atoms with Crippen molar-refractivity contribution in [1.82, 2.24) is 4.90 Å². The van der Waals surface area contributed by atoms with Gasteiger partial charge in [-0.15, -0.1) is 0 Å². The zero-order valence-electron chi connectivity index (χ0n) is 10.7. The first kappa shape index (κ1) is 14.9. The Hall–Kier alpha value is -2.11. The van der Waals surface area contributed by atoms with Gasteiger partial charge in [-0.2, -0.15) is 0 Å². The molecule has 0 atom stereocenters. The molecule has 0 saturated carbocycles. The Kier molecular flexibility index (Phi) is 5.29. The number of unbranched alkanes of at least 4 members (excludes halogenated alkanes) is 1. The number of rotatable bonds is 6. The number of carbonyl (C=O) groups excluding carboxylic acids is 2. The lowest BCUT2D eigenvalue weighted by atomic mass is 10.1. The summed E-state index contributed by atoms with van der Waals surface area (Å²) >= 11 is 0. The monoisotopic (exact) mass is 268 g/mol. The van der Waals surface area contributed by atoms with Gasteiger partial charge in [0, 0.05) is 6.54 Å². The van der Waals surface area contributed by atoms with E-state index < -0.39 is 17.6 Å². The summed E-state index contributed by atoms with van der Waals surface area (Å²) in [6.07, 6.45) is 1.52. The van der Waals surface area contributed by atoms with Crippen molar-refractivity contribution < 1.29 is 19.1 Å². The van der Waals surface area contributed by atoms with Gasteiger partial charge in [0.2, 0.25) is 5.91 Å². The maximum Gasteiger partial charge on any atom is 0.258 e. The largest absolute Gasteiger partial charge is 0.507 e. The molecule has 0 aliphatic carbocycles. The van der Waals surface area contributed by atoms with Crippen LogP contribution in [0.15, 0.2) is 18.2 Å². The summed E-state index contributed by atoms with van der Waals surface area (Å²) in [4.78, 5) is 24.3. The number of halogens is 1. The van der Waals surface area contributed by atoms with Crippen molar-refractivity contribution in [3.63, 3.8) is 0 Å². The van der Waals surface area contributed by atoms with Crippen LogP contribution in [0.2, 0.25) is 0 Å². The number of nitrogens with zero attached hydrogens (tertiary/aromatic N) is 1. The molecule has 1 aromatic rings. The Bertz CT molecular complexity index is 477. The lowest BCUT2D eigenvalue weighted by Gasteiger charge is -2.21. The first-order chi connectivity index (χ1) is 8.95. The number of hydrogen-bond acceptors (Lipinski definition) is 3. The fraction of sp³-hybridized carbons (Fsp3) is 0.385. The van der Waals surface area contributed by atoms with Crippen LogP contribution in [-0.2, 0) is 4.79 Å². The van der Waals surface area contributed by atoms with Crippen LogP contribution in [0.3, 0.4) is 0 Å². The predicted molar refractivity (Wildman–Crippen MR) is 68.1 cm³/mol. The molecule has 6 heteroatoms. The number of hydrogen-bond donors (Lipinski definition) is 2. The molecule has 0 unspecified atom stereocenters. The van der Waals surface area contributed by atoms with Crippen LogP contribution in [0.25, 0.3) is 0 Å². The highest BCUT2D eigenvalue weighted by Gasteiger charge is 2.20. The third kappa shape index (κ3) is 4.24. The standard InChI is InChI=1S/C13H17FN2O3/c1-2-3-6-16(8-12(15)18)13(19)10-7-9(14)4-5-11(10)17/h4-5,7,17H,2-3,6,8H2,1H3,(H2,15,18). The minimum Gasteiger partial charge on any atom is -0.507 e. The molecule has 0 saturated heterocycles. The maximum atomic E-state index is 13.1. The van der Waals surface area contributed by atoms with Gasteiger partial charge in [-0.05, 0) is 24.6 Å². The Morgan fingerprint density at radius 2 is 2.11 bits per heavy atom. The first-order valence-corrected chi connectivity index (χ1v) is 6.01. The Morgan fingerprint density at radius 1 is 1.42 bits per heavy atom. The molecule has 0 aliphatic heterocycles. The molecular weight excluding hydrogens is 251 g/mol. The van der Waals surface area contributed by atoms with Crippen molar-refractivity contribution >= 4 is 11.8 Å². The third-order valence-electron chi connectivity index (χ3n) is 2.60. The van der Waals surface area contributed by atoms with E-state index in [2.05, 4.69) is 0 Å². The van der Waals surface area contributed by atoms with Gasteiger partial charge >= 0.3 is 0 Å². The molecule has 0 heterocycles. The highest BCUT2D eigenvalue weighted by molar-refractivity contribution is 5.98. The number of benzene rings is 1. The van der Waals surface area contributed by atoms with Crippen LogP contribution < -0.4 is 5.73 Å². The van der Waals surface area contributed by atoms with Crippen molar-refractivity contribution in [2.45, 2.75) is 19.8 Å². The second-order valence-electron chi connectivity index (χ2n) is 4.21. The molecule has 3 N–H and O–H groups in total. The summed E-state index contributed by atoms with van der Waals surface area (Å²) in [5.74, 6) is -2.21. The van der Waals surface area contributed by atoms with E-state index in [1.54, 1.807) is 0 Å². The average Bonchev–Trinajstić information content (AvgIpc) is 2.36. The van der Waals surface area contributed by atoms with Crippen LogP contribution in [0.4, 0.5) is 4.39 Å². The van der Waals surface area contributed by atoms with E-state index in [-0.39, 0.29) is 17.9 Å². The van der Waals surface area contributed by atoms with Crippen LogP contribution in [-0.4, -0.2) is 34.9 Å². The minimum atomic E-state index is -0.652. The van der Waals surface area contributed by atoms with Gasteiger partial charge in [-0.3, -0.25) is 9.59 Å². The van der Waals surface area contributed by atoms with Crippen LogP contribution in [0.5, 0.6) is 5.75 Å². The van der Waals surface area contributed by atoms with Gasteiger partial charge in [-0.1, -0.05) is 13.3 Å². The van der Waals surface area contributed by atoms with E-state index in [1.807, 2.05) is 6.92 Å². The third-order valence-corrected chi connectivity index (χ3v) is 2.60. The Morgan fingerprint density at radius 3 is 2.68 bits per heavy atom. The molecule has 2 amide bonds. The molecule has 0 bridgehead atoms. The lowest BCUT2D eigenvalue weighted by Crippen LogP contribution is -2.39. The van der Waals surface area contributed by atoms with Gasteiger partial charge in [0.15, 0.2) is 0 Å². The summed E-state index contributed by atoms with van der Waals surface area (Å²) in [5, 5.41) is 9.58. The summed E-state index contributed by atoms with van der Waals surface area (Å²) < 4.78 is 13.1. The normalized spacial score (nSPS) is 10.2. The second-order valence-corrected chi connectivity index (χ2v) is 4.21. The topological polar surface area (TPSA) is 83.6 Å². The van der Waals surface area contributed by atoms with E-state index in [0.29, 0.717) is 13.0 Å². The van der Waals surface area contributed by atoms with Crippen LogP contribution >= 0.6 is 0 Å². The van der Waals surface area contributed by atoms with E-state index in [4.69, 9.17) is 5.73 Å². The molecule has 0 fully saturated rings. The smallest absolute Gasteiger partial charge is 0.258 e. The van der Waals surface area contributed by atoms with Crippen molar-refractivity contribution in [1.29, 1.82) is 0 Å². The predicted octanol–water partition coefficient (Wildman–Crippen LogP) is 1.26. The van der Waals surface area contributed by atoms with E-state index in [0.717, 1.165) is 24.6 Å². The number of amides is 2. The quantitative estimate of drug-likeness (QED) is 0.814. The van der Waals surface area contributed by atoms with E-state index >= 15 is 0 Å². The minimum absolute atomic E-state index is 0.169. The fourth-order valence-corrected chi connectivity index (χ4v) is 1.64. The molecule has 5 nitrogen and oxygen atoms in total. The number of primary amides is 1. The van der Waals surface area contributed by atoms with Crippen molar-refractivity contribution in [3.8, 4) is 5.75 Å². The number of aromatic hydroxyl groups is 1. The number of carbonyl (C=O) groups is 2. The zero-order chi connectivity index (χ0) is 14.4. The number of phenolic OH excluding ortho intramolecular Hbond substituents is 1. The van der Waals surface area contributed by atoms with Gasteiger partial charge in [0.25, 0.3) is 5.91 Å². The van der Waals surface area contributed by atoms with E-state index in [1.165, 1.54) is 4.90 Å². The molecule has 1 aromatic carbocycles. The summed E-state index contributed by atoms with van der Waals surface area (Å²) in [5.41, 5.74) is 4.91. The van der Waals surface area contributed by atoms with Crippen molar-refractivity contribution in [2.75, 3.05) is 13.1 Å². The highest BCUT2D eigenvalue weighted by atomic mass is 19.1. The highest BCUT2D eigenvalue weighted by Crippen LogP contribution is 2.20. The maximum absolute atomic E-state index is 13.1. The number of nitrogens with two attached hydrogens (primary N) is 1. The molecule has 0 aromatic heterocycles. The van der Waals surface area contributed by atoms with Crippen LogP contribution in [0.1, 0.15) is 30.1 Å². The molecular formula is C13H17FN2O3. The van der Waals surface area contributed by atoms with E-state index in [9.17, 15) is 19.1 Å². The van der Waals surface area contributed by atoms with Gasteiger partial charge < -0.3 is 15.7 Å². The molecule has 19 heavy (non-hydrogen) atoms. The Balaban J connectivity index is 2.97. The molecule has 104 valence electrons. The summed E-state index contributed by atoms with van der Waals surface area (Å²) in [6.45, 7) is 2.01. The lowest BCUT2D eigenvalue weighted by molar-refractivity contribution is -0.118. The summed E-state index contributed by atoms with van der Waals surface area (Å²) in [6, 6.07) is 3.10. The molecule has 0 aliphatic rings. The summed E-state index contributed by atoms with van der Waals surface area (Å²) in [7, 11) is 0. The van der Waals surface area contributed by atoms with Crippen LogP contribution in [0, 0.1) is 5.82 Å². The Labute approximate surface area is 110 Å². The van der Waals surface area contributed by atoms with Gasteiger partial charge in [-0.25, -0.2) is 4.39 Å². The fourth-order valence-electron chi connectivity index (χ4n) is 1.64. The molecule has 0 radical (unpaired) electrons. The average molecular weight is 268 g/mol. The van der Waals surface area contributed by atoms with Gasteiger partial charge in [0.05, 0.1) is 12.1 Å². The van der Waals surface area contributed by atoms with Gasteiger partial charge in [0.1, 0.15) is 11.6 Å². The first-order valence-electron chi connectivity index (χ1n) is 6.01. The SMILES string of the molecule is CCCCN(CC(N)=O)C(=O)c1cc(F)ccc1O. The zero-order valence-corrected chi connectivity index (χ0v) is 10.7. The molecule has 0 spiro atoms. The van der Waals surface area contributed by atoms with Crippen molar-refractivity contribution in [2.24, 2.45) is 5.73 Å². The second kappa shape index (κ2) is 6.72.